The predicted molar refractivity (Wildman–Crippen MR) is 187 cm³/mol. The molecule has 1 aliphatic rings. The molecule has 0 fully saturated rings. The molecule has 10 rings (SSSR count). The molecule has 3 aromatic heterocycles. The Hall–Kier alpha value is -5.93. The van der Waals surface area contributed by atoms with Gasteiger partial charge in [0.25, 0.3) is 0 Å². The van der Waals surface area contributed by atoms with E-state index in [0.717, 1.165) is 12.2 Å². The van der Waals surface area contributed by atoms with Crippen molar-refractivity contribution in [1.82, 2.24) is 14.1 Å². The zero-order valence-electron chi connectivity index (χ0n) is 24.5. The highest BCUT2D eigenvalue weighted by Crippen LogP contribution is 2.42. The molecule has 45 heavy (non-hydrogen) atoms. The largest absolute Gasteiger partial charge is 0.309 e. The average Bonchev–Trinajstić information content (AvgIpc) is 3.76. The second-order valence-corrected chi connectivity index (χ2v) is 12.0. The molecule has 3 heterocycles. The Morgan fingerprint density at radius 1 is 0.444 bits per heavy atom. The Morgan fingerprint density at radius 2 is 1.02 bits per heavy atom. The van der Waals surface area contributed by atoms with Crippen molar-refractivity contribution in [1.29, 1.82) is 0 Å². The van der Waals surface area contributed by atoms with Gasteiger partial charge >= 0.3 is 0 Å². The molecular weight excluding hydrogens is 546 g/mol. The van der Waals surface area contributed by atoms with Crippen LogP contribution < -0.4 is 0 Å². The molecule has 0 N–H and O–H groups in total. The summed E-state index contributed by atoms with van der Waals surface area (Å²) in [5, 5.41) is 5.01. The average molecular weight is 574 g/mol. The maximum Gasteiger partial charge on any atom is 0.141 e. The summed E-state index contributed by atoms with van der Waals surface area (Å²) in [6, 6.07) is 52.8. The number of para-hydroxylation sites is 3. The van der Waals surface area contributed by atoms with E-state index in [1.807, 2.05) is 6.20 Å². The predicted octanol–water partition coefficient (Wildman–Crippen LogP) is 10.5. The molecule has 210 valence electrons. The molecule has 0 spiro atoms. The first-order valence-corrected chi connectivity index (χ1v) is 15.5. The smallest absolute Gasteiger partial charge is 0.141 e. The highest BCUT2D eigenvalue weighted by Gasteiger charge is 2.24. The monoisotopic (exact) mass is 573 g/mol. The Bertz CT molecular complexity index is 2620. The Kier molecular flexibility index (Phi) is 5.06. The molecule has 6 aromatic carbocycles. The summed E-state index contributed by atoms with van der Waals surface area (Å²) in [6.07, 6.45) is 2.86. The maximum absolute atomic E-state index is 5.01. The third-order valence-corrected chi connectivity index (χ3v) is 9.61. The summed E-state index contributed by atoms with van der Waals surface area (Å²) in [5.41, 5.74) is 13.7. The highest BCUT2D eigenvalue weighted by atomic mass is 15.1. The van der Waals surface area contributed by atoms with E-state index in [4.69, 9.17) is 4.98 Å². The first kappa shape index (κ1) is 24.5. The van der Waals surface area contributed by atoms with E-state index < -0.39 is 0 Å². The van der Waals surface area contributed by atoms with E-state index in [1.165, 1.54) is 82.7 Å². The minimum atomic E-state index is 0.900. The van der Waals surface area contributed by atoms with Crippen molar-refractivity contribution in [3.05, 3.63) is 163 Å². The molecule has 1 aliphatic carbocycles. The number of aromatic nitrogens is 3. The molecule has 3 heteroatoms. The molecule has 0 unspecified atom stereocenters. The fourth-order valence-electron chi connectivity index (χ4n) is 7.62. The van der Waals surface area contributed by atoms with Crippen molar-refractivity contribution in [2.75, 3.05) is 0 Å². The first-order valence-electron chi connectivity index (χ1n) is 15.5. The molecule has 0 saturated carbocycles. The second-order valence-electron chi connectivity index (χ2n) is 12.0. The van der Waals surface area contributed by atoms with Crippen molar-refractivity contribution >= 4 is 43.6 Å². The fourth-order valence-corrected chi connectivity index (χ4v) is 7.62. The number of nitrogens with zero attached hydrogens (tertiary/aromatic N) is 3. The van der Waals surface area contributed by atoms with Crippen molar-refractivity contribution in [3.8, 4) is 33.8 Å². The summed E-state index contributed by atoms with van der Waals surface area (Å²) >= 11 is 0. The van der Waals surface area contributed by atoms with Crippen LogP contribution in [0.15, 0.2) is 152 Å². The van der Waals surface area contributed by atoms with Crippen LogP contribution in [0.4, 0.5) is 0 Å². The van der Waals surface area contributed by atoms with E-state index in [9.17, 15) is 0 Å². The first-order chi connectivity index (χ1) is 22.3. The quantitative estimate of drug-likeness (QED) is 0.206. The van der Waals surface area contributed by atoms with E-state index in [2.05, 4.69) is 155 Å². The Labute approximate surface area is 260 Å². The summed E-state index contributed by atoms with van der Waals surface area (Å²) < 4.78 is 4.74. The van der Waals surface area contributed by atoms with Crippen LogP contribution >= 0.6 is 0 Å². The molecule has 0 saturated heterocycles. The van der Waals surface area contributed by atoms with Crippen molar-refractivity contribution in [2.24, 2.45) is 0 Å². The lowest BCUT2D eigenvalue weighted by Gasteiger charge is -2.12. The number of hydrogen-bond acceptors (Lipinski definition) is 1. The standard InChI is InChI=1S/C42H27N3/c1-2-11-30(12-3-1)44-38-16-8-6-14-33(38)35-24-27(18-20-40(35)44)28-19-21-41-36(25-28)34-15-7-9-17-39(34)45(41)42-37-26-29-10-4-5-13-31(29)32(37)22-23-43-42/h1-25H,26H2. The number of fused-ring (bicyclic) bond motifs is 9. The van der Waals surface area contributed by atoms with Crippen molar-refractivity contribution < 1.29 is 0 Å². The van der Waals surface area contributed by atoms with Gasteiger partial charge in [0.1, 0.15) is 5.82 Å². The highest BCUT2D eigenvalue weighted by molar-refractivity contribution is 6.12. The number of pyridine rings is 1. The van der Waals surface area contributed by atoms with Gasteiger partial charge in [-0.05, 0) is 82.4 Å². The summed E-state index contributed by atoms with van der Waals surface area (Å²) in [6.45, 7) is 0. The minimum Gasteiger partial charge on any atom is -0.309 e. The molecule has 0 amide bonds. The van der Waals surface area contributed by atoms with Gasteiger partial charge in [-0.15, -0.1) is 0 Å². The third-order valence-electron chi connectivity index (χ3n) is 9.61. The van der Waals surface area contributed by atoms with Crippen LogP contribution in [0.5, 0.6) is 0 Å². The zero-order valence-corrected chi connectivity index (χ0v) is 24.5. The zero-order chi connectivity index (χ0) is 29.5. The van der Waals surface area contributed by atoms with Gasteiger partial charge in [-0.2, -0.15) is 0 Å². The summed E-state index contributed by atoms with van der Waals surface area (Å²) in [5.74, 6) is 1.03. The fraction of sp³-hybridized carbons (Fsp3) is 0.0238. The molecule has 0 aliphatic heterocycles. The van der Waals surface area contributed by atoms with Crippen LogP contribution in [0.1, 0.15) is 11.1 Å². The molecule has 3 nitrogen and oxygen atoms in total. The van der Waals surface area contributed by atoms with Gasteiger partial charge < -0.3 is 4.57 Å². The van der Waals surface area contributed by atoms with E-state index in [1.54, 1.807) is 0 Å². The number of benzene rings is 6. The van der Waals surface area contributed by atoms with Crippen LogP contribution in [0, 0.1) is 0 Å². The molecular formula is C42H27N3. The van der Waals surface area contributed by atoms with Crippen LogP contribution in [-0.4, -0.2) is 14.1 Å². The third kappa shape index (κ3) is 3.49. The molecule has 9 aromatic rings. The lowest BCUT2D eigenvalue weighted by molar-refractivity contribution is 1.04. The van der Waals surface area contributed by atoms with Gasteiger partial charge in [0.2, 0.25) is 0 Å². The Morgan fingerprint density at radius 3 is 1.76 bits per heavy atom. The summed E-state index contributed by atoms with van der Waals surface area (Å²) in [7, 11) is 0. The van der Waals surface area contributed by atoms with Crippen LogP contribution in [-0.2, 0) is 6.42 Å². The maximum atomic E-state index is 5.01. The van der Waals surface area contributed by atoms with Gasteiger partial charge in [0.15, 0.2) is 0 Å². The van der Waals surface area contributed by atoms with Crippen LogP contribution in [0.25, 0.3) is 77.4 Å². The van der Waals surface area contributed by atoms with Crippen molar-refractivity contribution in [2.45, 2.75) is 6.42 Å². The molecule has 0 bridgehead atoms. The normalized spacial score (nSPS) is 12.4. The van der Waals surface area contributed by atoms with Gasteiger partial charge in [0, 0.05) is 45.4 Å². The number of rotatable bonds is 3. The van der Waals surface area contributed by atoms with Gasteiger partial charge in [-0.1, -0.05) is 91.0 Å². The van der Waals surface area contributed by atoms with Gasteiger partial charge in [-0.3, -0.25) is 4.57 Å². The summed E-state index contributed by atoms with van der Waals surface area (Å²) in [4.78, 5) is 5.01. The van der Waals surface area contributed by atoms with Crippen LogP contribution in [0.2, 0.25) is 0 Å². The van der Waals surface area contributed by atoms with E-state index in [0.29, 0.717) is 0 Å². The van der Waals surface area contributed by atoms with Crippen LogP contribution in [0.3, 0.4) is 0 Å². The van der Waals surface area contributed by atoms with E-state index in [-0.39, 0.29) is 0 Å². The van der Waals surface area contributed by atoms with Gasteiger partial charge in [-0.25, -0.2) is 4.98 Å². The second kappa shape index (κ2) is 9.28. The lowest BCUT2D eigenvalue weighted by Crippen LogP contribution is -2.02. The van der Waals surface area contributed by atoms with Crippen molar-refractivity contribution in [3.63, 3.8) is 0 Å². The lowest BCUT2D eigenvalue weighted by atomic mass is 10.0. The topological polar surface area (TPSA) is 22.8 Å². The van der Waals surface area contributed by atoms with E-state index >= 15 is 0 Å². The molecule has 0 radical (unpaired) electrons. The SMILES string of the molecule is c1ccc(-n2c3ccccc3c3cc(-c4ccc5c(c4)c4ccccc4n5-c4nccc5c4Cc4ccccc4-5)ccc32)cc1. The Balaban J connectivity index is 1.18. The molecule has 0 atom stereocenters. The number of hydrogen-bond donors (Lipinski definition) is 0. The van der Waals surface area contributed by atoms with Gasteiger partial charge in [0.05, 0.1) is 22.1 Å². The minimum absolute atomic E-state index is 0.900.